The van der Waals surface area contributed by atoms with E-state index in [1.807, 2.05) is 18.2 Å². The highest BCUT2D eigenvalue weighted by atomic mass is 16.6. The molecule has 0 radical (unpaired) electrons. The SMILES string of the molecule is CCCNC(=O)[C@@H]1C[C@@H]1c1ccc2c(c1)OCCO2. The van der Waals surface area contributed by atoms with Gasteiger partial charge in [-0.1, -0.05) is 13.0 Å². The molecule has 4 nitrogen and oxygen atoms in total. The standard InChI is InChI=1S/C15H19NO3/c1-2-5-16-15(17)12-9-11(12)10-3-4-13-14(8-10)19-7-6-18-13/h3-4,8,11-12H,2,5-7,9H2,1H3,(H,16,17)/t11-,12-/m1/s1. The smallest absolute Gasteiger partial charge is 0.223 e. The lowest BCUT2D eigenvalue weighted by atomic mass is 10.1. The van der Waals surface area contributed by atoms with Crippen molar-refractivity contribution in [1.82, 2.24) is 5.32 Å². The van der Waals surface area contributed by atoms with E-state index >= 15 is 0 Å². The number of ether oxygens (including phenoxy) is 2. The van der Waals surface area contributed by atoms with Gasteiger partial charge in [0, 0.05) is 12.5 Å². The summed E-state index contributed by atoms with van der Waals surface area (Å²) in [5.41, 5.74) is 1.18. The molecule has 0 unspecified atom stereocenters. The molecule has 3 rings (SSSR count). The van der Waals surface area contributed by atoms with E-state index in [0.29, 0.717) is 19.1 Å². The van der Waals surface area contributed by atoms with Crippen LogP contribution in [0.3, 0.4) is 0 Å². The lowest BCUT2D eigenvalue weighted by Crippen LogP contribution is -2.25. The molecular weight excluding hydrogens is 242 g/mol. The zero-order valence-electron chi connectivity index (χ0n) is 11.1. The molecule has 1 aliphatic heterocycles. The maximum Gasteiger partial charge on any atom is 0.223 e. The van der Waals surface area contributed by atoms with Gasteiger partial charge in [-0.3, -0.25) is 4.79 Å². The first-order valence-electron chi connectivity index (χ1n) is 6.97. The molecule has 2 aliphatic rings. The Morgan fingerprint density at radius 1 is 1.32 bits per heavy atom. The summed E-state index contributed by atoms with van der Waals surface area (Å²) in [5, 5.41) is 2.96. The van der Waals surface area contributed by atoms with Crippen LogP contribution in [0, 0.1) is 5.92 Å². The molecule has 4 heteroatoms. The molecule has 102 valence electrons. The fourth-order valence-corrected chi connectivity index (χ4v) is 2.52. The van der Waals surface area contributed by atoms with Crippen LogP contribution in [0.25, 0.3) is 0 Å². The second-order valence-electron chi connectivity index (χ2n) is 5.14. The first-order chi connectivity index (χ1) is 9.29. The van der Waals surface area contributed by atoms with E-state index in [9.17, 15) is 4.79 Å². The first kappa shape index (κ1) is 12.3. The monoisotopic (exact) mass is 261 g/mol. The Kier molecular flexibility index (Phi) is 3.32. The van der Waals surface area contributed by atoms with Crippen LogP contribution in [0.4, 0.5) is 0 Å². The Labute approximate surface area is 113 Å². The van der Waals surface area contributed by atoms with Crippen LogP contribution in [0.5, 0.6) is 11.5 Å². The van der Waals surface area contributed by atoms with Crippen molar-refractivity contribution in [2.75, 3.05) is 19.8 Å². The Morgan fingerprint density at radius 2 is 2.11 bits per heavy atom. The van der Waals surface area contributed by atoms with Crippen LogP contribution in [-0.2, 0) is 4.79 Å². The van der Waals surface area contributed by atoms with Gasteiger partial charge in [0.25, 0.3) is 0 Å². The molecule has 1 amide bonds. The van der Waals surface area contributed by atoms with E-state index in [1.54, 1.807) is 0 Å². The molecule has 2 atom stereocenters. The number of fused-ring (bicyclic) bond motifs is 1. The minimum atomic E-state index is 0.133. The predicted octanol–water partition coefficient (Wildman–Crippen LogP) is 2.09. The van der Waals surface area contributed by atoms with Gasteiger partial charge >= 0.3 is 0 Å². The van der Waals surface area contributed by atoms with Gasteiger partial charge < -0.3 is 14.8 Å². The molecule has 1 heterocycles. The quantitative estimate of drug-likeness (QED) is 0.902. The second kappa shape index (κ2) is 5.11. The molecule has 0 aromatic heterocycles. The second-order valence-corrected chi connectivity index (χ2v) is 5.14. The predicted molar refractivity (Wildman–Crippen MR) is 71.6 cm³/mol. The number of carbonyl (C=O) groups is 1. The van der Waals surface area contributed by atoms with Crippen molar-refractivity contribution in [3.8, 4) is 11.5 Å². The Balaban J connectivity index is 1.66. The van der Waals surface area contributed by atoms with Gasteiger partial charge in [-0.05, 0) is 36.5 Å². The van der Waals surface area contributed by atoms with Gasteiger partial charge in [0.15, 0.2) is 11.5 Å². The van der Waals surface area contributed by atoms with Crippen LogP contribution in [0.15, 0.2) is 18.2 Å². The topological polar surface area (TPSA) is 47.6 Å². The lowest BCUT2D eigenvalue weighted by Gasteiger charge is -2.18. The minimum Gasteiger partial charge on any atom is -0.486 e. The van der Waals surface area contributed by atoms with Crippen molar-refractivity contribution in [2.24, 2.45) is 5.92 Å². The van der Waals surface area contributed by atoms with E-state index in [0.717, 1.165) is 30.9 Å². The molecule has 1 aromatic carbocycles. The summed E-state index contributed by atoms with van der Waals surface area (Å²) < 4.78 is 11.1. The number of hydrogen-bond donors (Lipinski definition) is 1. The minimum absolute atomic E-state index is 0.133. The van der Waals surface area contributed by atoms with Gasteiger partial charge in [0.1, 0.15) is 13.2 Å². The molecule has 0 bridgehead atoms. The summed E-state index contributed by atoms with van der Waals surface area (Å²) in [7, 11) is 0. The summed E-state index contributed by atoms with van der Waals surface area (Å²) >= 11 is 0. The summed E-state index contributed by atoms with van der Waals surface area (Å²) in [6.45, 7) is 4.04. The van der Waals surface area contributed by atoms with Gasteiger partial charge in [-0.25, -0.2) is 0 Å². The molecule has 19 heavy (non-hydrogen) atoms. The van der Waals surface area contributed by atoms with Crippen LogP contribution in [0.2, 0.25) is 0 Å². The highest BCUT2D eigenvalue weighted by Crippen LogP contribution is 2.49. The average molecular weight is 261 g/mol. The van der Waals surface area contributed by atoms with Gasteiger partial charge in [-0.15, -0.1) is 0 Å². The number of benzene rings is 1. The van der Waals surface area contributed by atoms with Crippen molar-refractivity contribution in [2.45, 2.75) is 25.7 Å². The highest BCUT2D eigenvalue weighted by molar-refractivity contribution is 5.82. The van der Waals surface area contributed by atoms with E-state index in [1.165, 1.54) is 5.56 Å². The number of nitrogens with one attached hydrogen (secondary N) is 1. The zero-order chi connectivity index (χ0) is 13.2. The van der Waals surface area contributed by atoms with E-state index < -0.39 is 0 Å². The van der Waals surface area contributed by atoms with Gasteiger partial charge in [0.2, 0.25) is 5.91 Å². The summed E-state index contributed by atoms with van der Waals surface area (Å²) in [4.78, 5) is 11.9. The third kappa shape index (κ3) is 2.53. The molecule has 1 aromatic rings. The molecule has 1 saturated carbocycles. The fraction of sp³-hybridized carbons (Fsp3) is 0.533. The molecule has 0 spiro atoms. The third-order valence-electron chi connectivity index (χ3n) is 3.67. The number of hydrogen-bond acceptors (Lipinski definition) is 3. The van der Waals surface area contributed by atoms with Crippen molar-refractivity contribution in [3.05, 3.63) is 23.8 Å². The van der Waals surface area contributed by atoms with Gasteiger partial charge in [0.05, 0.1) is 0 Å². The Bertz CT molecular complexity index is 486. The van der Waals surface area contributed by atoms with Crippen LogP contribution in [-0.4, -0.2) is 25.7 Å². The van der Waals surface area contributed by atoms with Crippen LogP contribution >= 0.6 is 0 Å². The normalized spacial score (nSPS) is 23.8. The van der Waals surface area contributed by atoms with Gasteiger partial charge in [-0.2, -0.15) is 0 Å². The largest absolute Gasteiger partial charge is 0.486 e. The van der Waals surface area contributed by atoms with E-state index in [4.69, 9.17) is 9.47 Å². The number of rotatable bonds is 4. The Hall–Kier alpha value is -1.71. The zero-order valence-corrected chi connectivity index (χ0v) is 11.1. The molecule has 0 saturated heterocycles. The molecule has 1 fully saturated rings. The third-order valence-corrected chi connectivity index (χ3v) is 3.67. The van der Waals surface area contributed by atoms with Crippen LogP contribution < -0.4 is 14.8 Å². The number of carbonyl (C=O) groups excluding carboxylic acids is 1. The summed E-state index contributed by atoms with van der Waals surface area (Å²) in [6, 6.07) is 6.01. The van der Waals surface area contributed by atoms with Crippen molar-refractivity contribution in [3.63, 3.8) is 0 Å². The van der Waals surface area contributed by atoms with Crippen molar-refractivity contribution >= 4 is 5.91 Å². The molecule has 1 aliphatic carbocycles. The van der Waals surface area contributed by atoms with E-state index in [2.05, 4.69) is 12.2 Å². The highest BCUT2D eigenvalue weighted by Gasteiger charge is 2.44. The van der Waals surface area contributed by atoms with Crippen LogP contribution in [0.1, 0.15) is 31.2 Å². The van der Waals surface area contributed by atoms with E-state index in [-0.39, 0.29) is 11.8 Å². The number of amides is 1. The summed E-state index contributed by atoms with van der Waals surface area (Å²) in [5.74, 6) is 2.27. The van der Waals surface area contributed by atoms with Crippen molar-refractivity contribution < 1.29 is 14.3 Å². The fourth-order valence-electron chi connectivity index (χ4n) is 2.52. The molecule has 1 N–H and O–H groups in total. The molecular formula is C15H19NO3. The maximum absolute atomic E-state index is 11.9. The lowest BCUT2D eigenvalue weighted by molar-refractivity contribution is -0.122. The summed E-state index contributed by atoms with van der Waals surface area (Å²) in [6.07, 6.45) is 1.92. The average Bonchev–Trinajstić information content (AvgIpc) is 3.24. The van der Waals surface area contributed by atoms with Crippen molar-refractivity contribution in [1.29, 1.82) is 0 Å². The first-order valence-corrected chi connectivity index (χ1v) is 6.97. The maximum atomic E-state index is 11.9. The Morgan fingerprint density at radius 3 is 2.89 bits per heavy atom.